The van der Waals surface area contributed by atoms with E-state index in [0.717, 1.165) is 25.9 Å². The lowest BCUT2D eigenvalue weighted by Crippen LogP contribution is -2.42. The molecule has 2 fully saturated rings. The van der Waals surface area contributed by atoms with Gasteiger partial charge in [-0.1, -0.05) is 11.6 Å². The highest BCUT2D eigenvalue weighted by molar-refractivity contribution is 6.32. The normalized spacial score (nSPS) is 17.9. The number of hydrogen-bond donors (Lipinski definition) is 0. The molecule has 1 aromatic heterocycles. The van der Waals surface area contributed by atoms with Crippen LogP contribution in [0.15, 0.2) is 30.5 Å². The Hall–Kier alpha value is -2.84. The highest BCUT2D eigenvalue weighted by Crippen LogP contribution is 2.32. The number of hydrogen-bond acceptors (Lipinski definition) is 7. The van der Waals surface area contributed by atoms with Gasteiger partial charge in [-0.15, -0.1) is 0 Å². The summed E-state index contributed by atoms with van der Waals surface area (Å²) in [5, 5.41) is 0.191. The molecule has 1 atom stereocenters. The molecular weight excluding hydrogens is 412 g/mol. The van der Waals surface area contributed by atoms with E-state index in [9.17, 15) is 9.59 Å². The summed E-state index contributed by atoms with van der Waals surface area (Å²) in [5.74, 6) is 0.244. The molecule has 0 saturated carbocycles. The molecule has 1 amide bonds. The van der Waals surface area contributed by atoms with E-state index in [2.05, 4.69) is 4.98 Å². The first-order valence-electron chi connectivity index (χ1n) is 9.64. The first kappa shape index (κ1) is 20.4. The number of methoxy groups -OCH3 is 1. The molecule has 2 aliphatic rings. The molecule has 2 saturated heterocycles. The Morgan fingerprint density at radius 1 is 1.17 bits per heavy atom. The van der Waals surface area contributed by atoms with Gasteiger partial charge in [-0.25, -0.2) is 9.78 Å². The van der Waals surface area contributed by atoms with Crippen molar-refractivity contribution in [3.8, 4) is 17.4 Å². The third kappa shape index (κ3) is 4.49. The number of esters is 1. The van der Waals surface area contributed by atoms with Crippen molar-refractivity contribution in [3.05, 3.63) is 46.6 Å². The molecular formula is C21H21ClN2O6. The van der Waals surface area contributed by atoms with Crippen molar-refractivity contribution < 1.29 is 28.5 Å². The van der Waals surface area contributed by atoms with E-state index >= 15 is 0 Å². The Balaban J connectivity index is 1.56. The monoisotopic (exact) mass is 432 g/mol. The summed E-state index contributed by atoms with van der Waals surface area (Å²) in [6.07, 6.45) is 3.10. The summed E-state index contributed by atoms with van der Waals surface area (Å²) in [6, 6.07) is 6.27. The minimum absolute atomic E-state index is 0.0979. The fourth-order valence-corrected chi connectivity index (χ4v) is 3.37. The summed E-state index contributed by atoms with van der Waals surface area (Å²) in [4.78, 5) is 30.3. The number of carbonyl (C=O) groups is 2. The maximum absolute atomic E-state index is 12.3. The Bertz CT molecular complexity index is 957. The summed E-state index contributed by atoms with van der Waals surface area (Å²) < 4.78 is 21.8. The van der Waals surface area contributed by atoms with Gasteiger partial charge in [-0.2, -0.15) is 0 Å². The number of likely N-dealkylation sites (tertiary alicyclic amines) is 1. The maximum Gasteiger partial charge on any atom is 0.338 e. The molecule has 3 heterocycles. The van der Waals surface area contributed by atoms with Crippen molar-refractivity contribution in [2.24, 2.45) is 0 Å². The molecule has 4 rings (SSSR count). The van der Waals surface area contributed by atoms with Gasteiger partial charge in [-0.3, -0.25) is 4.79 Å². The SMILES string of the molecule is COC(=O)c1cc(Oc2ncc(C(=O)N3CCC3)cc2Cl)cc(OC2CCOC2)c1. The first-order chi connectivity index (χ1) is 14.5. The Morgan fingerprint density at radius 3 is 2.60 bits per heavy atom. The Morgan fingerprint density at radius 2 is 1.97 bits per heavy atom. The van der Waals surface area contributed by atoms with Crippen molar-refractivity contribution >= 4 is 23.5 Å². The fourth-order valence-electron chi connectivity index (χ4n) is 3.16. The molecule has 30 heavy (non-hydrogen) atoms. The Labute approximate surface area is 178 Å². The van der Waals surface area contributed by atoms with Crippen LogP contribution in [0.5, 0.6) is 17.4 Å². The van der Waals surface area contributed by atoms with Crippen LogP contribution >= 0.6 is 11.6 Å². The lowest BCUT2D eigenvalue weighted by Gasteiger charge is -2.30. The zero-order valence-electron chi connectivity index (χ0n) is 16.4. The summed E-state index contributed by atoms with van der Waals surface area (Å²) in [6.45, 7) is 2.60. The van der Waals surface area contributed by atoms with Crippen molar-refractivity contribution in [2.45, 2.75) is 18.9 Å². The zero-order chi connectivity index (χ0) is 21.1. The highest BCUT2D eigenvalue weighted by atomic mass is 35.5. The number of aromatic nitrogens is 1. The minimum atomic E-state index is -0.525. The lowest BCUT2D eigenvalue weighted by atomic mass is 10.1. The van der Waals surface area contributed by atoms with E-state index in [4.69, 9.17) is 30.5 Å². The second kappa shape index (κ2) is 8.89. The van der Waals surface area contributed by atoms with Crippen LogP contribution in [0.4, 0.5) is 0 Å². The third-order valence-electron chi connectivity index (χ3n) is 4.90. The van der Waals surface area contributed by atoms with E-state index in [0.29, 0.717) is 30.3 Å². The van der Waals surface area contributed by atoms with Crippen LogP contribution in [0.1, 0.15) is 33.6 Å². The van der Waals surface area contributed by atoms with Gasteiger partial charge in [0.05, 0.1) is 31.5 Å². The molecule has 1 aromatic carbocycles. The van der Waals surface area contributed by atoms with E-state index in [1.54, 1.807) is 17.0 Å². The van der Waals surface area contributed by atoms with Gasteiger partial charge in [0.2, 0.25) is 5.88 Å². The van der Waals surface area contributed by atoms with Crippen molar-refractivity contribution in [1.82, 2.24) is 9.88 Å². The molecule has 0 spiro atoms. The predicted octanol–water partition coefficient (Wildman–Crippen LogP) is 3.33. The molecule has 8 nitrogen and oxygen atoms in total. The number of benzene rings is 1. The standard InChI is InChI=1S/C21H21ClN2O6/c1-27-21(26)13-7-16(29-15-3-6-28-12-15)10-17(8-13)30-19-18(22)9-14(11-23-19)20(25)24-4-2-5-24/h7-11,15H,2-6,12H2,1H3. The highest BCUT2D eigenvalue weighted by Gasteiger charge is 2.23. The molecule has 0 N–H and O–H groups in total. The van der Waals surface area contributed by atoms with Crippen LogP contribution in [0.2, 0.25) is 5.02 Å². The van der Waals surface area contributed by atoms with Crippen LogP contribution in [-0.2, 0) is 9.47 Å². The van der Waals surface area contributed by atoms with Crippen LogP contribution in [0.25, 0.3) is 0 Å². The van der Waals surface area contributed by atoms with E-state index < -0.39 is 5.97 Å². The fraction of sp³-hybridized carbons (Fsp3) is 0.381. The minimum Gasteiger partial charge on any atom is -0.488 e. The summed E-state index contributed by atoms with van der Waals surface area (Å²) in [5.41, 5.74) is 0.672. The number of rotatable bonds is 6. The first-order valence-corrected chi connectivity index (χ1v) is 10.0. The molecule has 0 aliphatic carbocycles. The van der Waals surface area contributed by atoms with Crippen molar-refractivity contribution in [3.63, 3.8) is 0 Å². The number of carbonyl (C=O) groups excluding carboxylic acids is 2. The number of amides is 1. The Kier molecular flexibility index (Phi) is 6.06. The quantitative estimate of drug-likeness (QED) is 0.647. The van der Waals surface area contributed by atoms with Gasteiger partial charge in [0.15, 0.2) is 0 Å². The van der Waals surface area contributed by atoms with Crippen LogP contribution in [0.3, 0.4) is 0 Å². The number of pyridine rings is 1. The predicted molar refractivity (Wildman–Crippen MR) is 107 cm³/mol. The average molecular weight is 433 g/mol. The molecule has 0 bridgehead atoms. The molecule has 2 aromatic rings. The largest absolute Gasteiger partial charge is 0.488 e. The van der Waals surface area contributed by atoms with Crippen molar-refractivity contribution in [2.75, 3.05) is 33.4 Å². The summed E-state index contributed by atoms with van der Waals surface area (Å²) in [7, 11) is 1.30. The van der Waals surface area contributed by atoms with Gasteiger partial charge in [0, 0.05) is 31.8 Å². The van der Waals surface area contributed by atoms with Crippen LogP contribution in [0, 0.1) is 0 Å². The molecule has 0 radical (unpaired) electrons. The second-order valence-electron chi connectivity index (χ2n) is 7.05. The topological polar surface area (TPSA) is 87.2 Å². The smallest absolute Gasteiger partial charge is 0.338 e. The van der Waals surface area contributed by atoms with E-state index in [-0.39, 0.29) is 28.5 Å². The molecule has 2 aliphatic heterocycles. The van der Waals surface area contributed by atoms with Gasteiger partial charge in [-0.05, 0) is 24.6 Å². The summed E-state index contributed by atoms with van der Waals surface area (Å²) >= 11 is 6.30. The third-order valence-corrected chi connectivity index (χ3v) is 5.17. The van der Waals surface area contributed by atoms with Crippen LogP contribution in [-0.4, -0.2) is 61.3 Å². The van der Waals surface area contributed by atoms with Gasteiger partial charge >= 0.3 is 5.97 Å². The average Bonchev–Trinajstić information content (AvgIpc) is 3.20. The van der Waals surface area contributed by atoms with Gasteiger partial charge in [0.1, 0.15) is 22.6 Å². The van der Waals surface area contributed by atoms with Gasteiger partial charge < -0.3 is 23.8 Å². The number of ether oxygens (including phenoxy) is 4. The van der Waals surface area contributed by atoms with Crippen molar-refractivity contribution in [1.29, 1.82) is 0 Å². The maximum atomic E-state index is 12.3. The second-order valence-corrected chi connectivity index (χ2v) is 7.45. The van der Waals surface area contributed by atoms with E-state index in [1.807, 2.05) is 0 Å². The molecule has 158 valence electrons. The number of halogens is 1. The molecule has 9 heteroatoms. The van der Waals surface area contributed by atoms with Gasteiger partial charge in [0.25, 0.3) is 5.91 Å². The van der Waals surface area contributed by atoms with E-state index in [1.165, 1.54) is 25.4 Å². The number of nitrogens with zero attached hydrogens (tertiary/aromatic N) is 2. The molecule has 1 unspecified atom stereocenters. The van der Waals surface area contributed by atoms with Crippen LogP contribution < -0.4 is 9.47 Å². The lowest BCUT2D eigenvalue weighted by molar-refractivity contribution is 0.0598. The zero-order valence-corrected chi connectivity index (χ0v) is 17.2.